The van der Waals surface area contributed by atoms with Crippen molar-refractivity contribution in [3.8, 4) is 34.7 Å². The third kappa shape index (κ3) is 9.49. The van der Waals surface area contributed by atoms with Gasteiger partial charge in [-0.1, -0.05) is 51.1 Å². The largest absolute Gasteiger partial charge is 0.490 e. The van der Waals surface area contributed by atoms with Crippen LogP contribution in [0.15, 0.2) is 40.9 Å². The van der Waals surface area contributed by atoms with E-state index in [1.165, 1.54) is 17.5 Å². The molecule has 1 amide bonds. The highest BCUT2D eigenvalue weighted by molar-refractivity contribution is 5.78. The Kier molecular flexibility index (Phi) is 15.9. The molecule has 1 N–H and O–H groups in total. The number of nitrogens with one attached hydrogen (secondary N) is 1. The van der Waals surface area contributed by atoms with Gasteiger partial charge in [0.1, 0.15) is 11.8 Å². The molecule has 2 aromatic carbocycles. The van der Waals surface area contributed by atoms with E-state index in [1.54, 1.807) is 24.1 Å². The highest BCUT2D eigenvalue weighted by atomic mass is 16.5. The minimum absolute atomic E-state index is 0.00290. The smallest absolute Gasteiger partial charge is 0.258 e. The third-order valence-electron chi connectivity index (χ3n) is 5.97. The number of carbonyl (C=O) groups excluding carboxylic acids is 1. The van der Waals surface area contributed by atoms with Gasteiger partial charge in [-0.05, 0) is 83.3 Å². The highest BCUT2D eigenvalue weighted by Crippen LogP contribution is 2.32. The SMILES string of the molecule is CC.CC.CC(C)Oc1ccc(-c2nc(-c3cccc4c3CCC4)no2)cc1C#N.CCN(CC)C(=O)CNC. The number of amides is 1. The molecule has 1 aliphatic carbocycles. The monoisotopic (exact) mass is 549 g/mol. The molecule has 0 saturated heterocycles. The quantitative estimate of drug-likeness (QED) is 0.334. The summed E-state index contributed by atoms with van der Waals surface area (Å²) in [5.41, 5.74) is 4.89. The van der Waals surface area contributed by atoms with E-state index in [2.05, 4.69) is 27.6 Å². The van der Waals surface area contributed by atoms with Crippen molar-refractivity contribution in [1.82, 2.24) is 20.4 Å². The van der Waals surface area contributed by atoms with Gasteiger partial charge < -0.3 is 19.5 Å². The summed E-state index contributed by atoms with van der Waals surface area (Å²) in [4.78, 5) is 17.4. The molecule has 1 heterocycles. The molecule has 0 saturated carbocycles. The second-order valence-electron chi connectivity index (χ2n) is 8.81. The summed E-state index contributed by atoms with van der Waals surface area (Å²) >= 11 is 0. The Morgan fingerprint density at radius 2 is 1.82 bits per heavy atom. The Morgan fingerprint density at radius 1 is 1.12 bits per heavy atom. The number of fused-ring (bicyclic) bond motifs is 1. The predicted molar refractivity (Wildman–Crippen MR) is 162 cm³/mol. The molecule has 8 nitrogen and oxygen atoms in total. The van der Waals surface area contributed by atoms with E-state index in [0.29, 0.717) is 35.1 Å². The van der Waals surface area contributed by atoms with Crippen LogP contribution in [0.1, 0.15) is 78.5 Å². The van der Waals surface area contributed by atoms with E-state index < -0.39 is 0 Å². The molecule has 1 aromatic heterocycles. The Morgan fingerprint density at radius 3 is 2.42 bits per heavy atom. The zero-order valence-electron chi connectivity index (χ0n) is 25.8. The van der Waals surface area contributed by atoms with E-state index in [9.17, 15) is 10.1 Å². The first-order valence-electron chi connectivity index (χ1n) is 14.5. The van der Waals surface area contributed by atoms with Gasteiger partial charge in [-0.3, -0.25) is 4.79 Å². The Labute approximate surface area is 240 Å². The average molecular weight is 550 g/mol. The van der Waals surface area contributed by atoms with Gasteiger partial charge in [0.25, 0.3) is 5.89 Å². The van der Waals surface area contributed by atoms with Gasteiger partial charge in [-0.25, -0.2) is 0 Å². The summed E-state index contributed by atoms with van der Waals surface area (Å²) in [6.45, 7) is 17.9. The molecule has 0 aliphatic heterocycles. The van der Waals surface area contributed by atoms with Gasteiger partial charge in [0.2, 0.25) is 11.7 Å². The second kappa shape index (κ2) is 18.6. The minimum Gasteiger partial charge on any atom is -0.490 e. The number of hydrogen-bond donors (Lipinski definition) is 1. The van der Waals surface area contributed by atoms with Gasteiger partial charge in [0.15, 0.2) is 0 Å². The van der Waals surface area contributed by atoms with E-state index in [1.807, 2.05) is 73.6 Å². The number of nitriles is 1. The van der Waals surface area contributed by atoms with Gasteiger partial charge in [-0.15, -0.1) is 0 Å². The molecule has 0 spiro atoms. The first-order chi connectivity index (χ1) is 19.4. The lowest BCUT2D eigenvalue weighted by Gasteiger charge is -2.17. The normalized spacial score (nSPS) is 11.0. The molecule has 0 atom stereocenters. The van der Waals surface area contributed by atoms with Gasteiger partial charge >= 0.3 is 0 Å². The van der Waals surface area contributed by atoms with E-state index in [-0.39, 0.29) is 12.0 Å². The number of rotatable bonds is 8. The topological polar surface area (TPSA) is 104 Å². The number of nitrogens with zero attached hydrogens (tertiary/aromatic N) is 4. The summed E-state index contributed by atoms with van der Waals surface area (Å²) in [6.07, 6.45) is 3.33. The molecule has 0 bridgehead atoms. The lowest BCUT2D eigenvalue weighted by atomic mass is 10.0. The van der Waals surface area contributed by atoms with Crippen molar-refractivity contribution in [2.24, 2.45) is 0 Å². The molecule has 1 aliphatic rings. The van der Waals surface area contributed by atoms with Crippen LogP contribution in [0.3, 0.4) is 0 Å². The van der Waals surface area contributed by atoms with Crippen LogP contribution < -0.4 is 10.1 Å². The Balaban J connectivity index is 0.000000485. The molecule has 218 valence electrons. The summed E-state index contributed by atoms with van der Waals surface area (Å²) < 4.78 is 11.1. The standard InChI is InChI=1S/C21H19N3O2.C7H16N2O.2C2H6/c1-13(2)25-19-10-9-15(11-16(19)12-22)21-23-20(24-26-21)18-8-4-6-14-5-3-7-17(14)18;1-4-9(5-2)7(10)6-8-3;2*1-2/h4,6,8-11,13H,3,5,7H2,1-2H3;8H,4-6H2,1-3H3;2*1-2H3. The number of ether oxygens (including phenoxy) is 1. The maximum atomic E-state index is 11.1. The maximum Gasteiger partial charge on any atom is 0.258 e. The number of carbonyl (C=O) groups is 1. The molecule has 0 unspecified atom stereocenters. The highest BCUT2D eigenvalue weighted by Gasteiger charge is 2.20. The van der Waals surface area contributed by atoms with Crippen LogP contribution in [0.4, 0.5) is 0 Å². The minimum atomic E-state index is 0.00290. The third-order valence-corrected chi connectivity index (χ3v) is 5.97. The zero-order chi connectivity index (χ0) is 30.1. The first-order valence-corrected chi connectivity index (χ1v) is 14.5. The lowest BCUT2D eigenvalue weighted by molar-refractivity contribution is -0.129. The van der Waals surface area contributed by atoms with Crippen LogP contribution in [-0.2, 0) is 17.6 Å². The molecular weight excluding hydrogens is 502 g/mol. The molecule has 0 radical (unpaired) electrons. The lowest BCUT2D eigenvalue weighted by Crippen LogP contribution is -2.36. The first kappa shape index (κ1) is 34.3. The van der Waals surface area contributed by atoms with Crippen molar-refractivity contribution in [3.05, 3.63) is 53.1 Å². The van der Waals surface area contributed by atoms with Crippen LogP contribution >= 0.6 is 0 Å². The Bertz CT molecular complexity index is 1210. The summed E-state index contributed by atoms with van der Waals surface area (Å²) in [6, 6.07) is 13.8. The molecule has 8 heteroatoms. The maximum absolute atomic E-state index is 11.1. The van der Waals surface area contributed by atoms with Gasteiger partial charge in [0.05, 0.1) is 18.2 Å². The Hall–Kier alpha value is -3.70. The summed E-state index contributed by atoms with van der Waals surface area (Å²) in [7, 11) is 1.78. The van der Waals surface area contributed by atoms with Crippen molar-refractivity contribution in [2.45, 2.75) is 80.8 Å². The van der Waals surface area contributed by atoms with Gasteiger partial charge in [0, 0.05) is 24.2 Å². The fourth-order valence-corrected chi connectivity index (χ4v) is 4.23. The van der Waals surface area contributed by atoms with Crippen molar-refractivity contribution >= 4 is 5.91 Å². The zero-order valence-corrected chi connectivity index (χ0v) is 25.8. The fraction of sp³-hybridized carbons (Fsp3) is 0.500. The second-order valence-corrected chi connectivity index (χ2v) is 8.81. The molecule has 3 aromatic rings. The van der Waals surface area contributed by atoms with E-state index in [4.69, 9.17) is 9.26 Å². The number of hydrogen-bond acceptors (Lipinski definition) is 7. The predicted octanol–water partition coefficient (Wildman–Crippen LogP) is 6.68. The van der Waals surface area contributed by atoms with E-state index >= 15 is 0 Å². The van der Waals surface area contributed by atoms with Gasteiger partial charge in [-0.2, -0.15) is 10.2 Å². The van der Waals surface area contributed by atoms with Crippen molar-refractivity contribution < 1.29 is 14.1 Å². The number of benzene rings is 2. The summed E-state index contributed by atoms with van der Waals surface area (Å²) in [5, 5.41) is 16.4. The molecule has 0 fully saturated rings. The average Bonchev–Trinajstić information content (AvgIpc) is 3.67. The number of aryl methyl sites for hydroxylation is 1. The number of likely N-dealkylation sites (N-methyl/N-ethyl adjacent to an activating group) is 2. The van der Waals surface area contributed by atoms with Crippen LogP contribution in [-0.4, -0.2) is 53.7 Å². The fourth-order valence-electron chi connectivity index (χ4n) is 4.23. The van der Waals surface area contributed by atoms with Crippen LogP contribution in [0, 0.1) is 11.3 Å². The summed E-state index contributed by atoms with van der Waals surface area (Å²) in [5.74, 6) is 1.74. The van der Waals surface area contributed by atoms with Crippen molar-refractivity contribution in [1.29, 1.82) is 5.26 Å². The van der Waals surface area contributed by atoms with Crippen LogP contribution in [0.2, 0.25) is 0 Å². The van der Waals surface area contributed by atoms with Crippen molar-refractivity contribution in [3.63, 3.8) is 0 Å². The van der Waals surface area contributed by atoms with Crippen LogP contribution in [0.25, 0.3) is 22.8 Å². The molecular formula is C32H47N5O3. The molecule has 4 rings (SSSR count). The van der Waals surface area contributed by atoms with Crippen molar-refractivity contribution in [2.75, 3.05) is 26.7 Å². The number of aromatic nitrogens is 2. The van der Waals surface area contributed by atoms with E-state index in [0.717, 1.165) is 31.5 Å². The molecule has 40 heavy (non-hydrogen) atoms. The van der Waals surface area contributed by atoms with Crippen LogP contribution in [0.5, 0.6) is 5.75 Å².